The SMILES string of the molecule is O=C1NCCc2cc(NC(=O)C3CCCC(F)(F)C3)ccc21. The molecule has 1 saturated carbocycles. The molecule has 4 nitrogen and oxygen atoms in total. The number of rotatable bonds is 2. The van der Waals surface area contributed by atoms with E-state index >= 15 is 0 Å². The minimum atomic E-state index is -2.74. The predicted octanol–water partition coefficient (Wildman–Crippen LogP) is 2.74. The molecule has 118 valence electrons. The number of carbonyl (C=O) groups excluding carboxylic acids is 2. The van der Waals surface area contributed by atoms with Crippen LogP contribution in [0.1, 0.15) is 41.6 Å². The van der Waals surface area contributed by atoms with Crippen molar-refractivity contribution in [3.8, 4) is 0 Å². The van der Waals surface area contributed by atoms with E-state index in [2.05, 4.69) is 10.6 Å². The summed E-state index contributed by atoms with van der Waals surface area (Å²) in [5, 5.41) is 5.46. The second kappa shape index (κ2) is 5.66. The molecule has 0 radical (unpaired) electrons. The number of alkyl halides is 2. The molecule has 1 atom stereocenters. The van der Waals surface area contributed by atoms with Crippen LogP contribution in [0.3, 0.4) is 0 Å². The van der Waals surface area contributed by atoms with Crippen LogP contribution in [0.15, 0.2) is 18.2 Å². The lowest BCUT2D eigenvalue weighted by Crippen LogP contribution is -2.34. The number of nitrogens with one attached hydrogen (secondary N) is 2. The van der Waals surface area contributed by atoms with Gasteiger partial charge >= 0.3 is 0 Å². The first kappa shape index (κ1) is 14.9. The average Bonchev–Trinajstić information content (AvgIpc) is 2.46. The van der Waals surface area contributed by atoms with E-state index in [1.54, 1.807) is 18.2 Å². The first-order valence-electron chi connectivity index (χ1n) is 7.54. The number of carbonyl (C=O) groups is 2. The molecule has 22 heavy (non-hydrogen) atoms. The summed E-state index contributed by atoms with van der Waals surface area (Å²) < 4.78 is 26.8. The van der Waals surface area contributed by atoms with E-state index in [9.17, 15) is 18.4 Å². The quantitative estimate of drug-likeness (QED) is 0.882. The van der Waals surface area contributed by atoms with E-state index in [1.807, 2.05) is 0 Å². The van der Waals surface area contributed by atoms with Gasteiger partial charge in [-0.05, 0) is 43.0 Å². The van der Waals surface area contributed by atoms with Gasteiger partial charge in [-0.1, -0.05) is 0 Å². The number of hydrogen-bond donors (Lipinski definition) is 2. The number of hydrogen-bond acceptors (Lipinski definition) is 2. The summed E-state index contributed by atoms with van der Waals surface area (Å²) in [7, 11) is 0. The molecule has 2 amide bonds. The molecule has 1 aromatic carbocycles. The molecule has 1 heterocycles. The molecular weight excluding hydrogens is 290 g/mol. The molecule has 3 rings (SSSR count). The lowest BCUT2D eigenvalue weighted by molar-refractivity contribution is -0.127. The van der Waals surface area contributed by atoms with Crippen molar-refractivity contribution in [2.45, 2.75) is 38.0 Å². The van der Waals surface area contributed by atoms with Crippen LogP contribution in [0.2, 0.25) is 0 Å². The fourth-order valence-electron chi connectivity index (χ4n) is 3.15. The van der Waals surface area contributed by atoms with E-state index < -0.39 is 11.8 Å². The molecule has 1 aromatic rings. The van der Waals surface area contributed by atoms with Crippen LogP contribution in [-0.4, -0.2) is 24.3 Å². The first-order chi connectivity index (χ1) is 10.4. The second-order valence-corrected chi connectivity index (χ2v) is 6.02. The summed E-state index contributed by atoms with van der Waals surface area (Å²) in [5.41, 5.74) is 2.04. The molecule has 1 unspecified atom stereocenters. The van der Waals surface area contributed by atoms with Crippen molar-refractivity contribution >= 4 is 17.5 Å². The summed E-state index contributed by atoms with van der Waals surface area (Å²) in [4.78, 5) is 23.8. The Morgan fingerprint density at radius 3 is 2.95 bits per heavy atom. The van der Waals surface area contributed by atoms with Gasteiger partial charge in [0.15, 0.2) is 0 Å². The minimum absolute atomic E-state index is 0.119. The number of benzene rings is 1. The van der Waals surface area contributed by atoms with Gasteiger partial charge in [-0.3, -0.25) is 9.59 Å². The molecule has 6 heteroatoms. The van der Waals surface area contributed by atoms with Gasteiger partial charge in [0.1, 0.15) is 0 Å². The predicted molar refractivity (Wildman–Crippen MR) is 78.0 cm³/mol. The highest BCUT2D eigenvalue weighted by atomic mass is 19.3. The topological polar surface area (TPSA) is 58.2 Å². The largest absolute Gasteiger partial charge is 0.352 e. The van der Waals surface area contributed by atoms with Crippen LogP contribution < -0.4 is 10.6 Å². The van der Waals surface area contributed by atoms with Crippen molar-refractivity contribution in [1.82, 2.24) is 5.32 Å². The van der Waals surface area contributed by atoms with Gasteiger partial charge in [-0.15, -0.1) is 0 Å². The molecule has 1 aliphatic carbocycles. The lowest BCUT2D eigenvalue weighted by atomic mass is 9.86. The van der Waals surface area contributed by atoms with E-state index in [4.69, 9.17) is 0 Å². The third-order valence-electron chi connectivity index (χ3n) is 4.31. The zero-order valence-electron chi connectivity index (χ0n) is 12.1. The standard InChI is InChI=1S/C16H18F2N2O2/c17-16(18)6-1-2-11(9-16)14(21)20-12-3-4-13-10(8-12)5-7-19-15(13)22/h3-4,8,11H,1-2,5-7,9H2,(H,19,22)(H,20,21). The number of halogens is 2. The van der Waals surface area contributed by atoms with E-state index in [0.29, 0.717) is 37.1 Å². The summed E-state index contributed by atoms with van der Waals surface area (Å²) >= 11 is 0. The van der Waals surface area contributed by atoms with Crippen LogP contribution in [0.4, 0.5) is 14.5 Å². The van der Waals surface area contributed by atoms with Crippen LogP contribution in [-0.2, 0) is 11.2 Å². The Hall–Kier alpha value is -1.98. The second-order valence-electron chi connectivity index (χ2n) is 6.02. The maximum atomic E-state index is 13.4. The molecule has 2 aliphatic rings. The van der Waals surface area contributed by atoms with Gasteiger partial charge in [0.25, 0.3) is 5.91 Å². The van der Waals surface area contributed by atoms with Crippen LogP contribution in [0, 0.1) is 5.92 Å². The molecule has 0 saturated heterocycles. The van der Waals surface area contributed by atoms with E-state index in [0.717, 1.165) is 5.56 Å². The Morgan fingerprint density at radius 1 is 1.36 bits per heavy atom. The molecule has 0 spiro atoms. The molecular formula is C16H18F2N2O2. The highest BCUT2D eigenvalue weighted by molar-refractivity contribution is 5.98. The fraction of sp³-hybridized carbons (Fsp3) is 0.500. The monoisotopic (exact) mass is 308 g/mol. The number of anilines is 1. The van der Waals surface area contributed by atoms with Crippen molar-refractivity contribution in [3.05, 3.63) is 29.3 Å². The first-order valence-corrected chi connectivity index (χ1v) is 7.54. The highest BCUT2D eigenvalue weighted by Gasteiger charge is 2.39. The summed E-state index contributed by atoms with van der Waals surface area (Å²) in [5.74, 6) is -3.87. The van der Waals surface area contributed by atoms with E-state index in [-0.39, 0.29) is 24.7 Å². The fourth-order valence-corrected chi connectivity index (χ4v) is 3.15. The van der Waals surface area contributed by atoms with Gasteiger partial charge in [0, 0.05) is 36.6 Å². The average molecular weight is 308 g/mol. The van der Waals surface area contributed by atoms with Crippen LogP contribution in [0.25, 0.3) is 0 Å². The third kappa shape index (κ3) is 3.10. The van der Waals surface area contributed by atoms with Crippen LogP contribution >= 0.6 is 0 Å². The Balaban J connectivity index is 1.70. The Labute approximate surface area is 127 Å². The Kier molecular flexibility index (Phi) is 3.85. The summed E-state index contributed by atoms with van der Waals surface area (Å²) in [6.07, 6.45) is 1.05. The van der Waals surface area contributed by atoms with Crippen molar-refractivity contribution in [2.75, 3.05) is 11.9 Å². The molecule has 2 N–H and O–H groups in total. The van der Waals surface area contributed by atoms with Gasteiger partial charge in [-0.25, -0.2) is 8.78 Å². The zero-order chi connectivity index (χ0) is 15.7. The number of amides is 2. The van der Waals surface area contributed by atoms with Crippen molar-refractivity contribution < 1.29 is 18.4 Å². The van der Waals surface area contributed by atoms with Crippen molar-refractivity contribution in [1.29, 1.82) is 0 Å². The van der Waals surface area contributed by atoms with Crippen molar-refractivity contribution in [3.63, 3.8) is 0 Å². The van der Waals surface area contributed by atoms with Gasteiger partial charge in [-0.2, -0.15) is 0 Å². The zero-order valence-corrected chi connectivity index (χ0v) is 12.1. The third-order valence-corrected chi connectivity index (χ3v) is 4.31. The minimum Gasteiger partial charge on any atom is -0.352 e. The van der Waals surface area contributed by atoms with E-state index in [1.165, 1.54) is 0 Å². The molecule has 1 fully saturated rings. The maximum absolute atomic E-state index is 13.4. The Morgan fingerprint density at radius 2 is 2.18 bits per heavy atom. The molecule has 1 aliphatic heterocycles. The molecule has 0 aromatic heterocycles. The smallest absolute Gasteiger partial charge is 0.251 e. The normalized spacial score (nSPS) is 23.4. The van der Waals surface area contributed by atoms with Crippen LogP contribution in [0.5, 0.6) is 0 Å². The Bertz CT molecular complexity index is 616. The van der Waals surface area contributed by atoms with Gasteiger partial charge in [0.05, 0.1) is 0 Å². The van der Waals surface area contributed by atoms with Crippen molar-refractivity contribution in [2.24, 2.45) is 5.92 Å². The van der Waals surface area contributed by atoms with Gasteiger partial charge in [0.2, 0.25) is 11.8 Å². The van der Waals surface area contributed by atoms with Gasteiger partial charge < -0.3 is 10.6 Å². The molecule has 0 bridgehead atoms. The summed E-state index contributed by atoms with van der Waals surface area (Å²) in [6.45, 7) is 0.568. The highest BCUT2D eigenvalue weighted by Crippen LogP contribution is 2.37. The lowest BCUT2D eigenvalue weighted by Gasteiger charge is -2.28. The maximum Gasteiger partial charge on any atom is 0.251 e. The number of fused-ring (bicyclic) bond motifs is 1. The summed E-state index contributed by atoms with van der Waals surface area (Å²) in [6, 6.07) is 5.06.